The molecule has 0 spiro atoms. The van der Waals surface area contributed by atoms with Gasteiger partial charge in [0.25, 0.3) is 5.91 Å². The number of nitro groups is 1. The fraction of sp³-hybridized carbons (Fsp3) is 0.118. The van der Waals surface area contributed by atoms with Crippen LogP contribution in [0.4, 0.5) is 19.0 Å². The Kier molecular flexibility index (Phi) is 5.04. The summed E-state index contributed by atoms with van der Waals surface area (Å²) in [6, 6.07) is 5.06. The molecule has 156 valence electrons. The van der Waals surface area contributed by atoms with Crippen LogP contribution in [0.5, 0.6) is 11.5 Å². The van der Waals surface area contributed by atoms with Crippen molar-refractivity contribution in [3.63, 3.8) is 0 Å². The molecule has 1 amide bonds. The van der Waals surface area contributed by atoms with Gasteiger partial charge in [-0.15, -0.1) is 0 Å². The van der Waals surface area contributed by atoms with Crippen LogP contribution in [0.3, 0.4) is 0 Å². The van der Waals surface area contributed by atoms with Crippen LogP contribution in [-0.4, -0.2) is 38.7 Å². The fourth-order valence-corrected chi connectivity index (χ4v) is 2.62. The zero-order chi connectivity index (χ0) is 22.2. The summed E-state index contributed by atoms with van der Waals surface area (Å²) in [4.78, 5) is 29.3. The Labute approximate surface area is 165 Å². The molecule has 0 aliphatic carbocycles. The van der Waals surface area contributed by atoms with Gasteiger partial charge in [-0.05, 0) is 28.1 Å². The molecule has 3 rings (SSSR count). The number of alkyl halides is 3. The number of nitrogens with zero attached hydrogens (tertiary/aromatic N) is 3. The van der Waals surface area contributed by atoms with Gasteiger partial charge in [0.05, 0.1) is 17.1 Å². The van der Waals surface area contributed by atoms with E-state index in [1.807, 2.05) is 0 Å². The van der Waals surface area contributed by atoms with E-state index in [1.165, 1.54) is 13.1 Å². The molecule has 0 unspecified atom stereocenters. The van der Waals surface area contributed by atoms with Gasteiger partial charge in [0.2, 0.25) is 0 Å². The molecule has 2 aromatic heterocycles. The Morgan fingerprint density at radius 3 is 2.63 bits per heavy atom. The number of nitrogens with two attached hydrogens (primary N) is 1. The van der Waals surface area contributed by atoms with Gasteiger partial charge < -0.3 is 25.6 Å². The normalized spacial score (nSPS) is 11.3. The van der Waals surface area contributed by atoms with Crippen LogP contribution in [0.25, 0.3) is 10.9 Å². The summed E-state index contributed by atoms with van der Waals surface area (Å²) in [5.41, 5.74) is 3.80. The van der Waals surface area contributed by atoms with Crippen LogP contribution in [0, 0.1) is 15.5 Å². The third-order valence-corrected chi connectivity index (χ3v) is 4.09. The molecule has 1 aromatic carbocycles. The van der Waals surface area contributed by atoms with Crippen LogP contribution in [0.2, 0.25) is 0 Å². The maximum atomic E-state index is 13.4. The van der Waals surface area contributed by atoms with E-state index in [2.05, 4.69) is 9.97 Å². The number of benzene rings is 1. The molecular weight excluding hydrogens is 409 g/mol. The van der Waals surface area contributed by atoms with Gasteiger partial charge in [-0.2, -0.15) is 13.2 Å². The maximum absolute atomic E-state index is 13.4. The smallest absolute Gasteiger partial charge is 0.417 e. The van der Waals surface area contributed by atoms with Gasteiger partial charge >= 0.3 is 12.0 Å². The number of hydrogen-bond acceptors (Lipinski definition) is 6. The molecule has 4 N–H and O–H groups in total. The van der Waals surface area contributed by atoms with Crippen molar-refractivity contribution in [2.45, 2.75) is 6.18 Å². The number of pyridine rings is 1. The minimum Gasteiger partial charge on any atom is -0.455 e. The lowest BCUT2D eigenvalue weighted by Crippen LogP contribution is -2.38. The Morgan fingerprint density at radius 1 is 1.33 bits per heavy atom. The molecule has 0 saturated carbocycles. The standard InChI is InChI=1S/C17H13F3N6O4/c1-25(16(21)22)15(27)11-7-9-10(17(18,19)20)2-3-12(14(9)24-11)30-8-4-5-23-13(6-8)26(28)29/h2-7,24H,1H3,(H3,21,22). The zero-order valence-electron chi connectivity index (χ0n) is 15.1. The summed E-state index contributed by atoms with van der Waals surface area (Å²) in [7, 11) is 1.19. The zero-order valence-corrected chi connectivity index (χ0v) is 15.1. The van der Waals surface area contributed by atoms with Crippen molar-refractivity contribution in [3.8, 4) is 11.5 Å². The van der Waals surface area contributed by atoms with Gasteiger partial charge in [-0.25, -0.2) is 0 Å². The summed E-state index contributed by atoms with van der Waals surface area (Å²) in [6.45, 7) is 0. The van der Waals surface area contributed by atoms with Gasteiger partial charge in [0, 0.05) is 18.5 Å². The number of H-pyrrole nitrogens is 1. The largest absolute Gasteiger partial charge is 0.455 e. The number of carbonyl (C=O) groups is 1. The maximum Gasteiger partial charge on any atom is 0.417 e. The Bertz CT molecular complexity index is 1170. The van der Waals surface area contributed by atoms with Crippen molar-refractivity contribution < 1.29 is 27.6 Å². The van der Waals surface area contributed by atoms with E-state index in [1.54, 1.807) is 0 Å². The number of nitrogens with one attached hydrogen (secondary N) is 2. The predicted octanol–water partition coefficient (Wildman–Crippen LogP) is 3.25. The average Bonchev–Trinajstić information content (AvgIpc) is 3.11. The van der Waals surface area contributed by atoms with Crippen LogP contribution < -0.4 is 10.5 Å². The summed E-state index contributed by atoms with van der Waals surface area (Å²) >= 11 is 0. The molecule has 0 saturated heterocycles. The molecule has 0 fully saturated rings. The molecule has 0 aliphatic heterocycles. The number of aromatic nitrogens is 2. The number of fused-ring (bicyclic) bond motifs is 1. The number of guanidine groups is 1. The first-order chi connectivity index (χ1) is 14.0. The van der Waals surface area contributed by atoms with E-state index in [-0.39, 0.29) is 28.1 Å². The number of halogens is 3. The van der Waals surface area contributed by atoms with Crippen LogP contribution >= 0.6 is 0 Å². The van der Waals surface area contributed by atoms with E-state index < -0.39 is 34.3 Å². The van der Waals surface area contributed by atoms with Crippen LogP contribution in [0.1, 0.15) is 16.1 Å². The first-order valence-corrected chi connectivity index (χ1v) is 8.12. The second-order valence-corrected chi connectivity index (χ2v) is 6.04. The van der Waals surface area contributed by atoms with E-state index in [9.17, 15) is 28.1 Å². The van der Waals surface area contributed by atoms with Crippen molar-refractivity contribution in [2.24, 2.45) is 5.73 Å². The molecule has 0 atom stereocenters. The number of amides is 1. The molecule has 0 aliphatic rings. The highest BCUT2D eigenvalue weighted by Crippen LogP contribution is 2.40. The highest BCUT2D eigenvalue weighted by atomic mass is 19.4. The molecular formula is C17H13F3N6O4. The third-order valence-electron chi connectivity index (χ3n) is 4.09. The van der Waals surface area contributed by atoms with Crippen molar-refractivity contribution in [3.05, 3.63) is 57.9 Å². The Balaban J connectivity index is 2.14. The van der Waals surface area contributed by atoms with Crippen molar-refractivity contribution >= 4 is 28.6 Å². The number of carbonyl (C=O) groups excluding carboxylic acids is 1. The van der Waals surface area contributed by atoms with Crippen molar-refractivity contribution in [2.75, 3.05) is 7.05 Å². The minimum absolute atomic E-state index is 0.0407. The van der Waals surface area contributed by atoms with Gasteiger partial charge in [-0.1, -0.05) is 0 Å². The first-order valence-electron chi connectivity index (χ1n) is 8.12. The second kappa shape index (κ2) is 7.35. The molecule has 13 heteroatoms. The van der Waals surface area contributed by atoms with E-state index in [4.69, 9.17) is 15.9 Å². The van der Waals surface area contributed by atoms with E-state index >= 15 is 0 Å². The van der Waals surface area contributed by atoms with E-state index in [0.29, 0.717) is 0 Å². The number of rotatable bonds is 4. The first kappa shape index (κ1) is 20.6. The highest BCUT2D eigenvalue weighted by Gasteiger charge is 2.34. The van der Waals surface area contributed by atoms with Crippen molar-refractivity contribution in [1.29, 1.82) is 5.41 Å². The topological polar surface area (TPSA) is 151 Å². The Hall–Kier alpha value is -4.16. The quantitative estimate of drug-likeness (QED) is 0.254. The molecule has 0 radical (unpaired) electrons. The second-order valence-electron chi connectivity index (χ2n) is 6.04. The molecule has 0 bridgehead atoms. The average molecular weight is 422 g/mol. The lowest BCUT2D eigenvalue weighted by atomic mass is 10.1. The molecule has 30 heavy (non-hydrogen) atoms. The van der Waals surface area contributed by atoms with Crippen LogP contribution in [-0.2, 0) is 6.18 Å². The van der Waals surface area contributed by atoms with Gasteiger partial charge in [-0.3, -0.25) is 15.1 Å². The van der Waals surface area contributed by atoms with Crippen molar-refractivity contribution in [1.82, 2.24) is 14.9 Å². The summed E-state index contributed by atoms with van der Waals surface area (Å²) in [5.74, 6) is -2.10. The fourth-order valence-electron chi connectivity index (χ4n) is 2.62. The number of ether oxygens (including phenoxy) is 1. The molecule has 10 nitrogen and oxygen atoms in total. The van der Waals surface area contributed by atoms with Gasteiger partial charge in [0.15, 0.2) is 11.7 Å². The van der Waals surface area contributed by atoms with Gasteiger partial charge in [0.1, 0.15) is 17.6 Å². The Morgan fingerprint density at radius 2 is 2.03 bits per heavy atom. The lowest BCUT2D eigenvalue weighted by Gasteiger charge is -2.12. The van der Waals surface area contributed by atoms with E-state index in [0.717, 1.165) is 35.4 Å². The predicted molar refractivity (Wildman–Crippen MR) is 98.3 cm³/mol. The molecule has 3 aromatic rings. The number of aromatic amines is 1. The minimum atomic E-state index is -4.72. The summed E-state index contributed by atoms with van der Waals surface area (Å²) < 4.78 is 45.8. The molecule has 2 heterocycles. The monoisotopic (exact) mass is 422 g/mol. The lowest BCUT2D eigenvalue weighted by molar-refractivity contribution is -0.389. The summed E-state index contributed by atoms with van der Waals surface area (Å²) in [6.07, 6.45) is -3.61. The highest BCUT2D eigenvalue weighted by molar-refractivity contribution is 6.06. The number of hydrogen-bond donors (Lipinski definition) is 3. The summed E-state index contributed by atoms with van der Waals surface area (Å²) in [5, 5.41) is 17.8. The SMILES string of the molecule is CN(C(=N)N)C(=O)c1cc2c(C(F)(F)F)ccc(Oc3ccnc([N+](=O)[O-])c3)c2[nH]1. The third kappa shape index (κ3) is 3.85. The van der Waals surface area contributed by atoms with Crippen LogP contribution in [0.15, 0.2) is 36.5 Å².